The van der Waals surface area contributed by atoms with Crippen molar-refractivity contribution in [3.63, 3.8) is 0 Å². The van der Waals surface area contributed by atoms with E-state index in [-0.39, 0.29) is 29.0 Å². The first-order chi connectivity index (χ1) is 30.1. The molecule has 8 heteroatoms. The first kappa shape index (κ1) is 42.6. The normalized spacial score (nSPS) is 26.7. The zero-order valence-electron chi connectivity index (χ0n) is 37.2. The average molecular weight is 839 g/mol. The van der Waals surface area contributed by atoms with Crippen LogP contribution in [-0.2, 0) is 27.2 Å². The molecule has 0 aromatic heterocycles. The molecular formula is C54H66N2O6. The third-order valence-electron chi connectivity index (χ3n) is 15.6. The predicted molar refractivity (Wildman–Crippen MR) is 244 cm³/mol. The number of phenolic OH excluding ortho intramolecular Hbond substituents is 1. The number of piperidine rings is 1. The van der Waals surface area contributed by atoms with Crippen LogP contribution in [0.5, 0.6) is 11.5 Å². The fourth-order valence-corrected chi connectivity index (χ4v) is 12.4. The molecule has 0 bridgehead atoms. The van der Waals surface area contributed by atoms with E-state index in [2.05, 4.69) is 77.4 Å². The highest BCUT2D eigenvalue weighted by Gasteiger charge is 2.44. The van der Waals surface area contributed by atoms with Crippen molar-refractivity contribution < 1.29 is 29.0 Å². The van der Waals surface area contributed by atoms with Crippen molar-refractivity contribution in [3.8, 4) is 11.5 Å². The number of allylic oxidation sites excluding steroid dienone is 3. The van der Waals surface area contributed by atoms with Gasteiger partial charge >= 0.3 is 0 Å². The number of aryl methyl sites for hydroxylation is 1. The number of aromatic hydroxyl groups is 1. The van der Waals surface area contributed by atoms with Gasteiger partial charge in [-0.1, -0.05) is 61.9 Å². The first-order valence-electron chi connectivity index (χ1n) is 23.8. The minimum atomic E-state index is -0.430. The number of phenols is 1. The number of ketones is 3. The molecule has 1 N–H and O–H groups in total. The Hall–Kier alpha value is -4.69. The molecule has 5 unspecified atom stereocenters. The molecule has 9 rings (SSSR count). The van der Waals surface area contributed by atoms with E-state index in [4.69, 9.17) is 9.47 Å². The Balaban J connectivity index is 0.774. The van der Waals surface area contributed by atoms with E-state index in [1.165, 1.54) is 22.4 Å². The number of benzene rings is 3. The molecule has 3 aliphatic carbocycles. The van der Waals surface area contributed by atoms with Gasteiger partial charge in [0.1, 0.15) is 29.7 Å². The monoisotopic (exact) mass is 838 g/mol. The van der Waals surface area contributed by atoms with E-state index in [0.717, 1.165) is 107 Å². The molecule has 0 amide bonds. The summed E-state index contributed by atoms with van der Waals surface area (Å²) in [5.74, 6) is 2.21. The molecule has 3 aliphatic heterocycles. The summed E-state index contributed by atoms with van der Waals surface area (Å²) in [4.78, 5) is 43.1. The summed E-state index contributed by atoms with van der Waals surface area (Å²) in [6.45, 7) is 9.76. The summed E-state index contributed by atoms with van der Waals surface area (Å²) in [6, 6.07) is 21.4. The van der Waals surface area contributed by atoms with Crippen LogP contribution in [0.15, 0.2) is 84.6 Å². The molecule has 2 fully saturated rings. The Kier molecular flexibility index (Phi) is 12.5. The van der Waals surface area contributed by atoms with Gasteiger partial charge in [-0.25, -0.2) is 0 Å². The number of carbonyl (C=O) groups excluding carboxylic acids is 3. The SMILES string of the molecule is CCCN1c2cc3c(cc2OC[C@H]1CCCC1COC2(CCN(C4=CCC(C5c6ccc(O)cc6CCC5c5ccccc5)C=C4)CC2)C1)C(=O)C([C@@H](CCC(C)=O)C(C)=O)C3. The number of anilines is 1. The number of likely N-dealkylation sites (tertiary alicyclic amines) is 1. The minimum absolute atomic E-state index is 0.00676. The van der Waals surface area contributed by atoms with Gasteiger partial charge in [0.05, 0.1) is 23.9 Å². The van der Waals surface area contributed by atoms with Crippen molar-refractivity contribution in [1.29, 1.82) is 0 Å². The first-order valence-corrected chi connectivity index (χ1v) is 23.8. The highest BCUT2D eigenvalue weighted by Crippen LogP contribution is 2.50. The molecule has 1 spiro atoms. The van der Waals surface area contributed by atoms with Crippen LogP contribution >= 0.6 is 0 Å². The zero-order chi connectivity index (χ0) is 43.0. The van der Waals surface area contributed by atoms with Crippen molar-refractivity contribution in [2.24, 2.45) is 23.7 Å². The van der Waals surface area contributed by atoms with Crippen molar-refractivity contribution in [1.82, 2.24) is 4.90 Å². The molecule has 328 valence electrons. The highest BCUT2D eigenvalue weighted by atomic mass is 16.5. The Labute approximate surface area is 368 Å². The Morgan fingerprint density at radius 3 is 2.55 bits per heavy atom. The van der Waals surface area contributed by atoms with Crippen LogP contribution in [0, 0.1) is 23.7 Å². The van der Waals surface area contributed by atoms with Gasteiger partial charge in [-0.3, -0.25) is 9.59 Å². The molecular weight excluding hydrogens is 773 g/mol. The van der Waals surface area contributed by atoms with Gasteiger partial charge < -0.3 is 29.2 Å². The third kappa shape index (κ3) is 8.65. The van der Waals surface area contributed by atoms with Gasteiger partial charge in [0.25, 0.3) is 0 Å². The number of hydrogen-bond acceptors (Lipinski definition) is 8. The largest absolute Gasteiger partial charge is 0.508 e. The molecule has 3 aromatic rings. The van der Waals surface area contributed by atoms with E-state index in [1.807, 2.05) is 18.2 Å². The van der Waals surface area contributed by atoms with Crippen LogP contribution in [0.3, 0.4) is 0 Å². The Bertz CT molecular complexity index is 2200. The summed E-state index contributed by atoms with van der Waals surface area (Å²) < 4.78 is 13.1. The van der Waals surface area contributed by atoms with Crippen LogP contribution in [-0.4, -0.2) is 71.8 Å². The van der Waals surface area contributed by atoms with Crippen molar-refractivity contribution >= 4 is 23.0 Å². The summed E-state index contributed by atoms with van der Waals surface area (Å²) >= 11 is 0. The van der Waals surface area contributed by atoms with Crippen molar-refractivity contribution in [3.05, 3.63) is 112 Å². The van der Waals surface area contributed by atoms with Crippen LogP contribution < -0.4 is 9.64 Å². The fraction of sp³-hybridized carbons (Fsp3) is 0.537. The zero-order valence-corrected chi connectivity index (χ0v) is 37.2. The second kappa shape index (κ2) is 18.2. The number of nitrogens with zero attached hydrogens (tertiary/aromatic N) is 2. The van der Waals surface area contributed by atoms with Crippen LogP contribution in [0.2, 0.25) is 0 Å². The number of ether oxygens (including phenoxy) is 2. The van der Waals surface area contributed by atoms with Crippen molar-refractivity contribution in [2.75, 3.05) is 37.7 Å². The predicted octanol–water partition coefficient (Wildman–Crippen LogP) is 10.3. The van der Waals surface area contributed by atoms with Gasteiger partial charge in [-0.15, -0.1) is 0 Å². The molecule has 7 atom stereocenters. The molecule has 3 heterocycles. The Morgan fingerprint density at radius 1 is 0.984 bits per heavy atom. The number of Topliss-reactive ketones (excluding diaryl/α,β-unsaturated/α-hetero) is 3. The molecule has 62 heavy (non-hydrogen) atoms. The second-order valence-corrected chi connectivity index (χ2v) is 19.6. The lowest BCUT2D eigenvalue weighted by Gasteiger charge is -2.42. The molecule has 6 aliphatic rings. The lowest BCUT2D eigenvalue weighted by Crippen LogP contribution is -2.44. The minimum Gasteiger partial charge on any atom is -0.508 e. The molecule has 0 radical (unpaired) electrons. The van der Waals surface area contributed by atoms with Gasteiger partial charge in [0, 0.05) is 49.2 Å². The van der Waals surface area contributed by atoms with Gasteiger partial charge in [-0.2, -0.15) is 0 Å². The lowest BCUT2D eigenvalue weighted by molar-refractivity contribution is -0.122. The van der Waals surface area contributed by atoms with Gasteiger partial charge in [0.2, 0.25) is 0 Å². The summed E-state index contributed by atoms with van der Waals surface area (Å²) in [7, 11) is 0. The summed E-state index contributed by atoms with van der Waals surface area (Å²) in [6.07, 6.45) is 19.4. The maximum Gasteiger partial charge on any atom is 0.167 e. The average Bonchev–Trinajstić information content (AvgIpc) is 3.82. The van der Waals surface area contributed by atoms with E-state index < -0.39 is 11.8 Å². The smallest absolute Gasteiger partial charge is 0.167 e. The second-order valence-electron chi connectivity index (χ2n) is 19.6. The topological polar surface area (TPSA) is 96.4 Å². The fourth-order valence-electron chi connectivity index (χ4n) is 12.4. The third-order valence-corrected chi connectivity index (χ3v) is 15.6. The number of rotatable bonds is 14. The summed E-state index contributed by atoms with van der Waals surface area (Å²) in [5.41, 5.74) is 8.23. The van der Waals surface area contributed by atoms with E-state index in [0.29, 0.717) is 60.9 Å². The maximum atomic E-state index is 13.6. The molecule has 3 aromatic carbocycles. The van der Waals surface area contributed by atoms with Crippen molar-refractivity contribution in [2.45, 2.75) is 128 Å². The number of carbonyl (C=O) groups is 3. The van der Waals surface area contributed by atoms with E-state index in [9.17, 15) is 19.5 Å². The van der Waals surface area contributed by atoms with E-state index >= 15 is 0 Å². The van der Waals surface area contributed by atoms with Crippen LogP contribution in [0.1, 0.15) is 136 Å². The maximum absolute atomic E-state index is 13.6. The molecule has 8 nitrogen and oxygen atoms in total. The lowest BCUT2D eigenvalue weighted by atomic mass is 9.65. The highest BCUT2D eigenvalue weighted by molar-refractivity contribution is 6.05. The van der Waals surface area contributed by atoms with Gasteiger partial charge in [-0.05, 0) is 161 Å². The summed E-state index contributed by atoms with van der Waals surface area (Å²) in [5, 5.41) is 10.3. The van der Waals surface area contributed by atoms with Gasteiger partial charge in [0.15, 0.2) is 5.78 Å². The quantitative estimate of drug-likeness (QED) is 0.172. The molecule has 2 saturated heterocycles. The van der Waals surface area contributed by atoms with Crippen LogP contribution in [0.4, 0.5) is 5.69 Å². The van der Waals surface area contributed by atoms with Crippen LogP contribution in [0.25, 0.3) is 0 Å². The standard InChI is InChI=1S/C54H66N2O6/c1-4-25-56-43(34-61-51-31-48-41(30-50(51)56)29-49(53(48)60)45(36(3)58)20-13-35(2)57)12-8-9-37-32-54(62-33-37)23-26-55(27-24-54)42-17-14-39(15-18-42)52-46(38-10-6-5-7-11-38)21-16-40-28-44(59)19-22-47(40)52/h5-7,10-11,14,17-19,22,28,30-31,37,39,43,45-46,49,52,59H,4,8-9,12-13,15-16,20-21,23-27,29,32-34H2,1-3H3/t37?,39?,43-,45+,46?,49?,52?/m1/s1. The Morgan fingerprint density at radius 2 is 1.81 bits per heavy atom. The number of fused-ring (bicyclic) bond motifs is 3. The van der Waals surface area contributed by atoms with E-state index in [1.54, 1.807) is 13.8 Å². The molecule has 0 saturated carbocycles. The number of hydrogen-bond donors (Lipinski definition) is 1.